The molecule has 0 heterocycles. The van der Waals surface area contributed by atoms with E-state index in [4.69, 9.17) is 5.73 Å². The van der Waals surface area contributed by atoms with Crippen LogP contribution in [0.25, 0.3) is 0 Å². The van der Waals surface area contributed by atoms with Crippen LogP contribution in [0, 0.1) is 5.92 Å². The summed E-state index contributed by atoms with van der Waals surface area (Å²) >= 11 is 0. The second-order valence-electron chi connectivity index (χ2n) is 4.83. The largest absolute Gasteiger partial charge is 0.464 e. The van der Waals surface area contributed by atoms with Gasteiger partial charge in [-0.1, -0.05) is 0 Å². The minimum Gasteiger partial charge on any atom is -0.464 e. The molecule has 1 unspecified atom stereocenters. The number of carbonyl (C=O) groups excluding carboxylic acids is 2. The highest BCUT2D eigenvalue weighted by Crippen LogP contribution is 2.37. The molecule has 20 heavy (non-hydrogen) atoms. The van der Waals surface area contributed by atoms with Crippen LogP contribution in [0.1, 0.15) is 32.6 Å². The second kappa shape index (κ2) is 6.92. The predicted molar refractivity (Wildman–Crippen MR) is 64.6 cm³/mol. The third-order valence-corrected chi connectivity index (χ3v) is 3.36. The molecule has 116 valence electrons. The number of carbonyl (C=O) groups is 2. The Kier molecular flexibility index (Phi) is 5.79. The lowest BCUT2D eigenvalue weighted by Crippen LogP contribution is -2.51. The Morgan fingerprint density at radius 2 is 1.85 bits per heavy atom. The number of amides is 1. The van der Waals surface area contributed by atoms with Gasteiger partial charge >= 0.3 is 12.1 Å². The van der Waals surface area contributed by atoms with Crippen LogP contribution in [0.4, 0.5) is 13.2 Å². The third-order valence-electron chi connectivity index (χ3n) is 3.36. The summed E-state index contributed by atoms with van der Waals surface area (Å²) in [6.45, 7) is 1.69. The van der Waals surface area contributed by atoms with Gasteiger partial charge in [-0.05, 0) is 32.6 Å². The summed E-state index contributed by atoms with van der Waals surface area (Å²) in [5, 5.41) is 2.50. The van der Waals surface area contributed by atoms with Crippen LogP contribution in [0.15, 0.2) is 0 Å². The van der Waals surface area contributed by atoms with Crippen LogP contribution in [0.3, 0.4) is 0 Å². The van der Waals surface area contributed by atoms with E-state index < -0.39 is 30.0 Å². The van der Waals surface area contributed by atoms with E-state index in [1.165, 1.54) is 0 Å². The van der Waals surface area contributed by atoms with Crippen molar-refractivity contribution < 1.29 is 27.5 Å². The van der Waals surface area contributed by atoms with Crippen molar-refractivity contribution in [1.29, 1.82) is 0 Å². The Labute approximate surface area is 115 Å². The van der Waals surface area contributed by atoms with Crippen molar-refractivity contribution in [3.05, 3.63) is 0 Å². The highest BCUT2D eigenvalue weighted by molar-refractivity contribution is 6.01. The normalized spacial score (nSPS) is 24.9. The summed E-state index contributed by atoms with van der Waals surface area (Å²) in [4.78, 5) is 22.9. The van der Waals surface area contributed by atoms with Crippen molar-refractivity contribution >= 4 is 11.9 Å². The van der Waals surface area contributed by atoms with Crippen molar-refractivity contribution in [2.75, 3.05) is 6.61 Å². The molecule has 1 amide bonds. The molecule has 0 aromatic heterocycles. The van der Waals surface area contributed by atoms with E-state index in [1.807, 2.05) is 0 Å². The fourth-order valence-corrected chi connectivity index (χ4v) is 2.20. The molecule has 3 N–H and O–H groups in total. The van der Waals surface area contributed by atoms with Crippen molar-refractivity contribution in [2.24, 2.45) is 11.7 Å². The van der Waals surface area contributed by atoms with Gasteiger partial charge in [-0.25, -0.2) is 4.79 Å². The first kappa shape index (κ1) is 16.7. The lowest BCUT2D eigenvalue weighted by molar-refractivity contribution is -0.182. The van der Waals surface area contributed by atoms with Gasteiger partial charge in [-0.3, -0.25) is 4.79 Å². The molecule has 1 aliphatic carbocycles. The minimum absolute atomic E-state index is 0.0247. The summed E-state index contributed by atoms with van der Waals surface area (Å²) in [5.41, 5.74) is 5.39. The molecule has 0 aromatic carbocycles. The lowest BCUT2D eigenvalue weighted by Gasteiger charge is -2.30. The molecular weight excluding hydrogens is 277 g/mol. The number of esters is 1. The number of halogens is 3. The van der Waals surface area contributed by atoms with Gasteiger partial charge in [0.2, 0.25) is 5.91 Å². The van der Waals surface area contributed by atoms with Gasteiger partial charge in [-0.15, -0.1) is 0 Å². The van der Waals surface area contributed by atoms with E-state index in [-0.39, 0.29) is 38.3 Å². The average molecular weight is 296 g/mol. The molecule has 0 saturated heterocycles. The molecule has 1 rings (SSSR count). The quantitative estimate of drug-likeness (QED) is 0.601. The van der Waals surface area contributed by atoms with Gasteiger partial charge in [0.25, 0.3) is 0 Å². The van der Waals surface area contributed by atoms with Gasteiger partial charge in [0.15, 0.2) is 6.04 Å². The molecule has 0 bridgehead atoms. The molecule has 0 spiro atoms. The predicted octanol–water partition coefficient (Wildman–Crippen LogP) is 1.11. The van der Waals surface area contributed by atoms with Gasteiger partial charge < -0.3 is 15.8 Å². The standard InChI is InChI=1S/C12H19F3N2O3/c1-2-20-11(19)9(16)10(18)17-8-5-3-7(4-6-8)12(13,14)15/h7-9H,2-6,16H2,1H3,(H,17,18). The highest BCUT2D eigenvalue weighted by atomic mass is 19.4. The lowest BCUT2D eigenvalue weighted by atomic mass is 9.85. The topological polar surface area (TPSA) is 81.4 Å². The van der Waals surface area contributed by atoms with E-state index in [0.717, 1.165) is 0 Å². The van der Waals surface area contributed by atoms with E-state index in [2.05, 4.69) is 10.1 Å². The molecular formula is C12H19F3N2O3. The molecule has 0 aromatic rings. The highest BCUT2D eigenvalue weighted by Gasteiger charge is 2.41. The van der Waals surface area contributed by atoms with Crippen molar-refractivity contribution in [3.8, 4) is 0 Å². The maximum atomic E-state index is 12.5. The molecule has 5 nitrogen and oxygen atoms in total. The Bertz CT molecular complexity index is 352. The molecule has 1 fully saturated rings. The summed E-state index contributed by atoms with van der Waals surface area (Å²) in [6, 6.07) is -1.81. The van der Waals surface area contributed by atoms with Crippen LogP contribution in [-0.4, -0.2) is 36.7 Å². The number of nitrogens with one attached hydrogen (secondary N) is 1. The Morgan fingerprint density at radius 1 is 1.30 bits per heavy atom. The van der Waals surface area contributed by atoms with E-state index in [9.17, 15) is 22.8 Å². The number of ether oxygens (including phenoxy) is 1. The SMILES string of the molecule is CCOC(=O)C(N)C(=O)NC1CCC(C(F)(F)F)CC1. The van der Waals surface area contributed by atoms with Crippen LogP contribution in [0.5, 0.6) is 0 Å². The first-order valence-corrected chi connectivity index (χ1v) is 6.55. The maximum absolute atomic E-state index is 12.5. The minimum atomic E-state index is -4.18. The molecule has 0 aliphatic heterocycles. The monoisotopic (exact) mass is 296 g/mol. The second-order valence-corrected chi connectivity index (χ2v) is 4.83. The zero-order chi connectivity index (χ0) is 15.3. The van der Waals surface area contributed by atoms with Crippen LogP contribution >= 0.6 is 0 Å². The van der Waals surface area contributed by atoms with Gasteiger partial charge in [0.05, 0.1) is 12.5 Å². The number of rotatable bonds is 4. The average Bonchev–Trinajstić information content (AvgIpc) is 2.37. The molecule has 1 saturated carbocycles. The fourth-order valence-electron chi connectivity index (χ4n) is 2.20. The third kappa shape index (κ3) is 4.66. The van der Waals surface area contributed by atoms with E-state index in [1.54, 1.807) is 6.92 Å². The molecule has 1 aliphatic rings. The number of nitrogens with two attached hydrogens (primary N) is 1. The Balaban J connectivity index is 2.40. The zero-order valence-corrected chi connectivity index (χ0v) is 11.2. The number of hydrogen-bond donors (Lipinski definition) is 2. The summed E-state index contributed by atoms with van der Waals surface area (Å²) in [5.74, 6) is -2.86. The van der Waals surface area contributed by atoms with Crippen LogP contribution in [-0.2, 0) is 14.3 Å². The van der Waals surface area contributed by atoms with Gasteiger partial charge in [0.1, 0.15) is 0 Å². The smallest absolute Gasteiger partial charge is 0.391 e. The van der Waals surface area contributed by atoms with Crippen molar-refractivity contribution in [2.45, 2.75) is 50.9 Å². The summed E-state index contributed by atoms with van der Waals surface area (Å²) in [6.07, 6.45) is -3.78. The number of hydrogen-bond acceptors (Lipinski definition) is 4. The maximum Gasteiger partial charge on any atom is 0.391 e. The summed E-state index contributed by atoms with van der Waals surface area (Å²) in [7, 11) is 0. The zero-order valence-electron chi connectivity index (χ0n) is 11.2. The molecule has 1 atom stereocenters. The van der Waals surface area contributed by atoms with Crippen LogP contribution in [0.2, 0.25) is 0 Å². The van der Waals surface area contributed by atoms with E-state index in [0.29, 0.717) is 0 Å². The van der Waals surface area contributed by atoms with Gasteiger partial charge in [0, 0.05) is 6.04 Å². The summed E-state index contributed by atoms with van der Waals surface area (Å²) < 4.78 is 42.0. The Hall–Kier alpha value is -1.31. The van der Waals surface area contributed by atoms with Gasteiger partial charge in [-0.2, -0.15) is 13.2 Å². The molecule has 8 heteroatoms. The Morgan fingerprint density at radius 3 is 2.30 bits per heavy atom. The van der Waals surface area contributed by atoms with E-state index >= 15 is 0 Å². The molecule has 0 radical (unpaired) electrons. The van der Waals surface area contributed by atoms with Crippen molar-refractivity contribution in [1.82, 2.24) is 5.32 Å². The first-order chi connectivity index (χ1) is 9.25. The fraction of sp³-hybridized carbons (Fsp3) is 0.833. The van der Waals surface area contributed by atoms with Crippen LogP contribution < -0.4 is 11.1 Å². The van der Waals surface area contributed by atoms with Crippen molar-refractivity contribution in [3.63, 3.8) is 0 Å². The number of alkyl halides is 3. The first-order valence-electron chi connectivity index (χ1n) is 6.55.